The quantitative estimate of drug-likeness (QED) is 0.720. The fourth-order valence-corrected chi connectivity index (χ4v) is 1.89. The van der Waals surface area contributed by atoms with Crippen LogP contribution in [-0.4, -0.2) is 15.4 Å². The molecule has 0 bridgehead atoms. The van der Waals surface area contributed by atoms with Crippen molar-refractivity contribution in [2.45, 2.75) is 11.3 Å². The van der Waals surface area contributed by atoms with Crippen molar-refractivity contribution >= 4 is 10.0 Å². The molecule has 4 nitrogen and oxygen atoms in total. The SMILES string of the molecule is N=S(=O)(O)c1ccc2c(c1)CCO2. The van der Waals surface area contributed by atoms with E-state index in [4.69, 9.17) is 14.1 Å². The molecule has 1 atom stereocenters. The van der Waals surface area contributed by atoms with Crippen LogP contribution in [0.15, 0.2) is 23.1 Å². The highest BCUT2D eigenvalue weighted by Crippen LogP contribution is 2.27. The van der Waals surface area contributed by atoms with Gasteiger partial charge in [-0.3, -0.25) is 4.55 Å². The van der Waals surface area contributed by atoms with Gasteiger partial charge in [-0.25, -0.2) is 8.99 Å². The standard InChI is InChI=1S/C8H9NO3S/c9-13(10,11)7-1-2-8-6(5-7)3-4-12-8/h1-2,5H,3-4H2,(H2,9,10,11). The molecular weight excluding hydrogens is 190 g/mol. The van der Waals surface area contributed by atoms with Crippen LogP contribution in [0.25, 0.3) is 0 Å². The molecule has 0 aliphatic carbocycles. The Bertz CT molecular complexity index is 439. The van der Waals surface area contributed by atoms with Gasteiger partial charge in [-0.1, -0.05) is 0 Å². The molecule has 1 aliphatic heterocycles. The van der Waals surface area contributed by atoms with E-state index in [1.54, 1.807) is 12.1 Å². The molecule has 1 unspecified atom stereocenters. The maximum absolute atomic E-state index is 11.0. The number of hydrogen-bond donors (Lipinski definition) is 2. The molecule has 1 heterocycles. The molecular formula is C8H9NO3S. The first-order chi connectivity index (χ1) is 6.07. The second-order valence-electron chi connectivity index (χ2n) is 2.89. The molecule has 13 heavy (non-hydrogen) atoms. The molecule has 0 saturated heterocycles. The van der Waals surface area contributed by atoms with Crippen LogP contribution in [0.1, 0.15) is 5.56 Å². The fourth-order valence-electron chi connectivity index (χ4n) is 1.34. The van der Waals surface area contributed by atoms with E-state index in [9.17, 15) is 4.21 Å². The van der Waals surface area contributed by atoms with Crippen molar-refractivity contribution in [2.24, 2.45) is 0 Å². The number of hydrogen-bond acceptors (Lipinski definition) is 3. The molecule has 1 aromatic rings. The van der Waals surface area contributed by atoms with E-state index in [1.807, 2.05) is 0 Å². The zero-order chi connectivity index (χ0) is 9.47. The molecule has 2 rings (SSSR count). The lowest BCUT2D eigenvalue weighted by molar-refractivity contribution is 0.356. The summed E-state index contributed by atoms with van der Waals surface area (Å²) in [6, 6.07) is 4.67. The van der Waals surface area contributed by atoms with Crippen LogP contribution < -0.4 is 4.74 Å². The van der Waals surface area contributed by atoms with Gasteiger partial charge in [0.1, 0.15) is 5.75 Å². The average molecular weight is 199 g/mol. The summed E-state index contributed by atoms with van der Waals surface area (Å²) in [5.41, 5.74) is 0.909. The summed E-state index contributed by atoms with van der Waals surface area (Å²) in [5, 5.41) is 0. The third-order valence-corrected chi connectivity index (χ3v) is 2.87. The lowest BCUT2D eigenvalue weighted by atomic mass is 10.2. The van der Waals surface area contributed by atoms with Crippen LogP contribution in [-0.2, 0) is 16.4 Å². The van der Waals surface area contributed by atoms with E-state index in [-0.39, 0.29) is 4.90 Å². The fraction of sp³-hybridized carbons (Fsp3) is 0.250. The third-order valence-electron chi connectivity index (χ3n) is 1.98. The van der Waals surface area contributed by atoms with Crippen molar-refractivity contribution < 1.29 is 13.5 Å². The Morgan fingerprint density at radius 2 is 2.31 bits per heavy atom. The van der Waals surface area contributed by atoms with Gasteiger partial charge in [-0.05, 0) is 23.8 Å². The molecule has 70 valence electrons. The third kappa shape index (κ3) is 1.52. The zero-order valence-corrected chi connectivity index (χ0v) is 7.63. The van der Waals surface area contributed by atoms with E-state index in [0.717, 1.165) is 17.7 Å². The highest BCUT2D eigenvalue weighted by Gasteiger charge is 2.14. The van der Waals surface area contributed by atoms with Crippen molar-refractivity contribution in [2.75, 3.05) is 6.61 Å². The van der Waals surface area contributed by atoms with Crippen molar-refractivity contribution in [3.63, 3.8) is 0 Å². The predicted molar refractivity (Wildman–Crippen MR) is 47.4 cm³/mol. The van der Waals surface area contributed by atoms with Gasteiger partial charge in [-0.2, -0.15) is 0 Å². The molecule has 1 aromatic carbocycles. The van der Waals surface area contributed by atoms with Crippen LogP contribution in [0.3, 0.4) is 0 Å². The summed E-state index contributed by atoms with van der Waals surface area (Å²) >= 11 is 0. The normalized spacial score (nSPS) is 18.8. The van der Waals surface area contributed by atoms with Gasteiger partial charge in [0, 0.05) is 6.42 Å². The second-order valence-corrected chi connectivity index (χ2v) is 4.42. The van der Waals surface area contributed by atoms with Crippen LogP contribution in [0, 0.1) is 4.78 Å². The van der Waals surface area contributed by atoms with Gasteiger partial charge in [-0.15, -0.1) is 0 Å². The van der Waals surface area contributed by atoms with Gasteiger partial charge in [0.05, 0.1) is 11.5 Å². The lowest BCUT2D eigenvalue weighted by Crippen LogP contribution is -1.95. The van der Waals surface area contributed by atoms with Crippen molar-refractivity contribution in [1.29, 1.82) is 4.78 Å². The van der Waals surface area contributed by atoms with E-state index in [1.165, 1.54) is 6.07 Å². The number of nitrogens with one attached hydrogen (secondary N) is 1. The summed E-state index contributed by atoms with van der Waals surface area (Å²) in [6.07, 6.45) is 0.749. The Labute approximate surface area is 76.3 Å². The molecule has 0 fully saturated rings. The number of rotatable bonds is 1. The maximum Gasteiger partial charge on any atom is 0.188 e. The Morgan fingerprint density at radius 3 is 3.00 bits per heavy atom. The van der Waals surface area contributed by atoms with Crippen LogP contribution in [0.4, 0.5) is 0 Å². The van der Waals surface area contributed by atoms with E-state index >= 15 is 0 Å². The first-order valence-corrected chi connectivity index (χ1v) is 5.36. The smallest absolute Gasteiger partial charge is 0.188 e. The molecule has 1 aliphatic rings. The summed E-state index contributed by atoms with van der Waals surface area (Å²) in [6.45, 7) is 0.614. The second kappa shape index (κ2) is 2.71. The molecule has 0 spiro atoms. The first-order valence-electron chi connectivity index (χ1n) is 3.84. The van der Waals surface area contributed by atoms with Crippen LogP contribution in [0.5, 0.6) is 5.75 Å². The van der Waals surface area contributed by atoms with Gasteiger partial charge >= 0.3 is 0 Å². The lowest BCUT2D eigenvalue weighted by Gasteiger charge is -2.02. The Kier molecular flexibility index (Phi) is 1.78. The summed E-state index contributed by atoms with van der Waals surface area (Å²) in [4.78, 5) is 0.150. The Morgan fingerprint density at radius 1 is 1.54 bits per heavy atom. The number of fused-ring (bicyclic) bond motifs is 1. The van der Waals surface area contributed by atoms with Gasteiger partial charge in [0.25, 0.3) is 0 Å². The van der Waals surface area contributed by atoms with Crippen LogP contribution in [0.2, 0.25) is 0 Å². The number of benzene rings is 1. The summed E-state index contributed by atoms with van der Waals surface area (Å²) in [5.74, 6) is 0.757. The van der Waals surface area contributed by atoms with Gasteiger partial charge < -0.3 is 4.74 Å². The predicted octanol–water partition coefficient (Wildman–Crippen LogP) is 1.50. The number of ether oxygens (including phenoxy) is 1. The van der Waals surface area contributed by atoms with Gasteiger partial charge in [0.2, 0.25) is 0 Å². The highest BCUT2D eigenvalue weighted by atomic mass is 32.2. The Hall–Kier alpha value is -1.07. The van der Waals surface area contributed by atoms with Crippen molar-refractivity contribution in [3.05, 3.63) is 23.8 Å². The van der Waals surface area contributed by atoms with E-state index < -0.39 is 10.0 Å². The van der Waals surface area contributed by atoms with Crippen molar-refractivity contribution in [1.82, 2.24) is 0 Å². The van der Waals surface area contributed by atoms with Crippen LogP contribution >= 0.6 is 0 Å². The summed E-state index contributed by atoms with van der Waals surface area (Å²) in [7, 11) is -3.58. The molecule has 2 N–H and O–H groups in total. The van der Waals surface area contributed by atoms with E-state index in [2.05, 4.69) is 0 Å². The van der Waals surface area contributed by atoms with E-state index in [0.29, 0.717) is 6.61 Å². The topological polar surface area (TPSA) is 70.4 Å². The zero-order valence-electron chi connectivity index (χ0n) is 6.82. The monoisotopic (exact) mass is 199 g/mol. The first kappa shape index (κ1) is 8.52. The van der Waals surface area contributed by atoms with Gasteiger partial charge in [0.15, 0.2) is 10.0 Å². The molecule has 0 aromatic heterocycles. The molecule has 0 saturated carbocycles. The maximum atomic E-state index is 11.0. The highest BCUT2D eigenvalue weighted by molar-refractivity contribution is 7.86. The average Bonchev–Trinajstić information content (AvgIpc) is 2.47. The minimum atomic E-state index is -3.58. The largest absolute Gasteiger partial charge is 0.493 e. The molecule has 5 heteroatoms. The van der Waals surface area contributed by atoms with Crippen molar-refractivity contribution in [3.8, 4) is 5.75 Å². The summed E-state index contributed by atoms with van der Waals surface area (Å²) < 4.78 is 32.2. The molecule has 0 radical (unpaired) electrons. The molecule has 0 amide bonds. The minimum Gasteiger partial charge on any atom is -0.493 e. The minimum absolute atomic E-state index is 0.150. The Balaban J connectivity index is 2.54.